The van der Waals surface area contributed by atoms with Crippen molar-refractivity contribution in [2.45, 2.75) is 31.0 Å². The van der Waals surface area contributed by atoms with Gasteiger partial charge in [0.1, 0.15) is 11.6 Å². The first-order valence-electron chi connectivity index (χ1n) is 8.18. The van der Waals surface area contributed by atoms with Crippen molar-refractivity contribution in [2.24, 2.45) is 5.73 Å². The average molecular weight is 366 g/mol. The number of halogens is 5. The van der Waals surface area contributed by atoms with Crippen molar-refractivity contribution in [3.8, 4) is 11.3 Å². The van der Waals surface area contributed by atoms with Crippen LogP contribution in [0.4, 0.5) is 22.0 Å². The zero-order valence-corrected chi connectivity index (χ0v) is 13.5. The average Bonchev–Trinajstić information content (AvgIpc) is 2.91. The number of hydrogen-bond donors (Lipinski definition) is 2. The van der Waals surface area contributed by atoms with E-state index < -0.39 is 23.4 Å². The number of nitrogens with two attached hydrogens (primary N) is 1. The molecule has 0 atom stereocenters. The first-order valence-corrected chi connectivity index (χ1v) is 8.18. The third kappa shape index (κ3) is 2.76. The Morgan fingerprint density at radius 3 is 2.23 bits per heavy atom. The molecule has 4 rings (SSSR count). The van der Waals surface area contributed by atoms with Crippen LogP contribution in [-0.2, 0) is 6.18 Å². The smallest absolute Gasteiger partial charge is 0.352 e. The van der Waals surface area contributed by atoms with Gasteiger partial charge in [-0.15, -0.1) is 0 Å². The summed E-state index contributed by atoms with van der Waals surface area (Å²) in [6.45, 7) is 0. The highest BCUT2D eigenvalue weighted by Crippen LogP contribution is 2.46. The number of fused-ring (bicyclic) bond motifs is 1. The predicted octanol–water partition coefficient (Wildman–Crippen LogP) is 5.34. The number of aromatic nitrogens is 1. The molecule has 1 aliphatic rings. The lowest BCUT2D eigenvalue weighted by molar-refractivity contribution is -0.137. The van der Waals surface area contributed by atoms with Gasteiger partial charge in [-0.2, -0.15) is 13.2 Å². The molecule has 1 saturated carbocycles. The van der Waals surface area contributed by atoms with E-state index in [-0.39, 0.29) is 22.9 Å². The van der Waals surface area contributed by atoms with Crippen LogP contribution < -0.4 is 5.73 Å². The normalized spacial score (nSPS) is 20.4. The number of hydrogen-bond acceptors (Lipinski definition) is 1. The Hall–Kier alpha value is -2.41. The maximum Gasteiger partial charge on any atom is 0.416 e. The van der Waals surface area contributed by atoms with Gasteiger partial charge in [0, 0.05) is 11.4 Å². The summed E-state index contributed by atoms with van der Waals surface area (Å²) in [6, 6.07) is 6.99. The SMILES string of the molecule is NC1CC(c2c(-c3ccc(F)cc3)[nH]c3c(F)cc(C(F)(F)F)cc23)C1. The van der Waals surface area contributed by atoms with E-state index in [1.807, 2.05) is 0 Å². The van der Waals surface area contributed by atoms with Gasteiger partial charge in [0.15, 0.2) is 0 Å². The molecule has 1 fully saturated rings. The van der Waals surface area contributed by atoms with Gasteiger partial charge < -0.3 is 10.7 Å². The van der Waals surface area contributed by atoms with E-state index in [2.05, 4.69) is 4.98 Å². The van der Waals surface area contributed by atoms with Crippen LogP contribution in [0.25, 0.3) is 22.2 Å². The van der Waals surface area contributed by atoms with Crippen molar-refractivity contribution in [2.75, 3.05) is 0 Å². The van der Waals surface area contributed by atoms with Gasteiger partial charge in [0.2, 0.25) is 0 Å². The molecule has 0 amide bonds. The van der Waals surface area contributed by atoms with E-state index in [4.69, 9.17) is 5.73 Å². The largest absolute Gasteiger partial charge is 0.416 e. The summed E-state index contributed by atoms with van der Waals surface area (Å²) in [4.78, 5) is 2.91. The fourth-order valence-electron chi connectivity index (χ4n) is 3.60. The molecule has 26 heavy (non-hydrogen) atoms. The molecule has 0 radical (unpaired) electrons. The number of benzene rings is 2. The maximum absolute atomic E-state index is 14.4. The van der Waals surface area contributed by atoms with E-state index in [1.54, 1.807) is 0 Å². The highest BCUT2D eigenvalue weighted by Gasteiger charge is 2.36. The van der Waals surface area contributed by atoms with Gasteiger partial charge in [-0.25, -0.2) is 8.78 Å². The first-order chi connectivity index (χ1) is 12.2. The molecule has 136 valence electrons. The number of alkyl halides is 3. The molecule has 0 aliphatic heterocycles. The number of nitrogens with one attached hydrogen (secondary N) is 1. The van der Waals surface area contributed by atoms with Gasteiger partial charge in [-0.1, -0.05) is 0 Å². The molecule has 1 aromatic heterocycles. The van der Waals surface area contributed by atoms with Crippen LogP contribution >= 0.6 is 0 Å². The summed E-state index contributed by atoms with van der Waals surface area (Å²) in [5, 5.41) is 0.202. The maximum atomic E-state index is 14.4. The molecule has 2 aromatic carbocycles. The summed E-state index contributed by atoms with van der Waals surface area (Å²) in [6.07, 6.45) is -3.42. The highest BCUT2D eigenvalue weighted by atomic mass is 19.4. The van der Waals surface area contributed by atoms with Gasteiger partial charge in [0.05, 0.1) is 16.8 Å². The third-order valence-corrected chi connectivity index (χ3v) is 4.94. The molecule has 1 heterocycles. The van der Waals surface area contributed by atoms with E-state index in [9.17, 15) is 22.0 Å². The van der Waals surface area contributed by atoms with Crippen LogP contribution in [0, 0.1) is 11.6 Å². The minimum Gasteiger partial charge on any atom is -0.352 e. The Morgan fingerprint density at radius 1 is 1.00 bits per heavy atom. The minimum atomic E-state index is -4.64. The van der Waals surface area contributed by atoms with Crippen LogP contribution in [0.15, 0.2) is 36.4 Å². The van der Waals surface area contributed by atoms with Crippen LogP contribution in [0.2, 0.25) is 0 Å². The predicted molar refractivity (Wildman–Crippen MR) is 88.6 cm³/mol. The number of rotatable bonds is 2. The highest BCUT2D eigenvalue weighted by molar-refractivity contribution is 5.92. The zero-order chi connectivity index (χ0) is 18.6. The standard InChI is InChI=1S/C19H15F5N2/c20-12-3-1-9(2-4-12)17-16(10-5-13(25)6-10)14-7-11(19(22,23)24)8-15(21)18(14)26-17/h1-4,7-8,10,13,26H,5-6,25H2. The first kappa shape index (κ1) is 17.0. The lowest BCUT2D eigenvalue weighted by atomic mass is 9.74. The van der Waals surface area contributed by atoms with E-state index in [0.29, 0.717) is 35.7 Å². The molecule has 0 spiro atoms. The Bertz CT molecular complexity index is 966. The van der Waals surface area contributed by atoms with E-state index >= 15 is 0 Å². The second-order valence-corrected chi connectivity index (χ2v) is 6.73. The van der Waals surface area contributed by atoms with Crippen molar-refractivity contribution in [3.05, 3.63) is 59.2 Å². The molecule has 0 unspecified atom stereocenters. The molecule has 3 aromatic rings. The zero-order valence-electron chi connectivity index (χ0n) is 13.5. The minimum absolute atomic E-state index is 0.0211. The molecule has 3 N–H and O–H groups in total. The Kier molecular flexibility index (Phi) is 3.80. The lowest BCUT2D eigenvalue weighted by Crippen LogP contribution is -2.34. The molecule has 0 saturated heterocycles. The summed E-state index contributed by atoms with van der Waals surface area (Å²) in [5.41, 5.74) is 6.54. The van der Waals surface area contributed by atoms with Gasteiger partial charge >= 0.3 is 6.18 Å². The van der Waals surface area contributed by atoms with E-state index in [0.717, 1.165) is 6.07 Å². The summed E-state index contributed by atoms with van der Waals surface area (Å²) < 4.78 is 67.0. The van der Waals surface area contributed by atoms with E-state index in [1.165, 1.54) is 24.3 Å². The van der Waals surface area contributed by atoms with Crippen molar-refractivity contribution in [1.29, 1.82) is 0 Å². The monoisotopic (exact) mass is 366 g/mol. The topological polar surface area (TPSA) is 41.8 Å². The van der Waals surface area contributed by atoms with Crippen molar-refractivity contribution in [3.63, 3.8) is 0 Å². The van der Waals surface area contributed by atoms with Gasteiger partial charge in [-0.05, 0) is 66.3 Å². The van der Waals surface area contributed by atoms with Crippen LogP contribution in [-0.4, -0.2) is 11.0 Å². The van der Waals surface area contributed by atoms with Crippen LogP contribution in [0.5, 0.6) is 0 Å². The van der Waals surface area contributed by atoms with Gasteiger partial charge in [0.25, 0.3) is 0 Å². The Balaban J connectivity index is 1.97. The van der Waals surface area contributed by atoms with Crippen molar-refractivity contribution in [1.82, 2.24) is 4.98 Å². The molecule has 1 aliphatic carbocycles. The third-order valence-electron chi connectivity index (χ3n) is 4.94. The van der Waals surface area contributed by atoms with Crippen LogP contribution in [0.1, 0.15) is 29.9 Å². The fourth-order valence-corrected chi connectivity index (χ4v) is 3.60. The Morgan fingerprint density at radius 2 is 1.65 bits per heavy atom. The number of H-pyrrole nitrogens is 1. The summed E-state index contributed by atoms with van der Waals surface area (Å²) >= 11 is 0. The van der Waals surface area contributed by atoms with Crippen molar-refractivity contribution >= 4 is 10.9 Å². The summed E-state index contributed by atoms with van der Waals surface area (Å²) in [5.74, 6) is -1.46. The molecular weight excluding hydrogens is 351 g/mol. The lowest BCUT2D eigenvalue weighted by Gasteiger charge is -2.33. The van der Waals surface area contributed by atoms with Crippen molar-refractivity contribution < 1.29 is 22.0 Å². The van der Waals surface area contributed by atoms with Crippen LogP contribution in [0.3, 0.4) is 0 Å². The van der Waals surface area contributed by atoms with Gasteiger partial charge in [-0.3, -0.25) is 0 Å². The summed E-state index contributed by atoms with van der Waals surface area (Å²) in [7, 11) is 0. The quantitative estimate of drug-likeness (QED) is 0.591. The molecule has 0 bridgehead atoms. The molecular formula is C19H15F5N2. The molecule has 7 heteroatoms. The second-order valence-electron chi connectivity index (χ2n) is 6.73. The Labute approximate surface area is 145 Å². The second kappa shape index (κ2) is 5.81. The molecule has 2 nitrogen and oxygen atoms in total. The fraction of sp³-hybridized carbons (Fsp3) is 0.263. The number of aromatic amines is 1.